The maximum Gasteiger partial charge on any atom is 0.129 e. The lowest BCUT2D eigenvalue weighted by Gasteiger charge is -2.31. The SMILES string of the molecule is CC(C)[C@@H](CO)Nc1cc(C2CC(O)C2)ncn1. The summed E-state index contributed by atoms with van der Waals surface area (Å²) in [5.41, 5.74) is 0.971. The predicted molar refractivity (Wildman–Crippen MR) is 69.3 cm³/mol. The van der Waals surface area contributed by atoms with Crippen LogP contribution in [0.15, 0.2) is 12.4 Å². The second-order valence-electron chi connectivity index (χ2n) is 5.33. The third kappa shape index (κ3) is 2.97. The van der Waals surface area contributed by atoms with E-state index < -0.39 is 0 Å². The normalized spacial score (nSPS) is 24.7. The number of nitrogens with one attached hydrogen (secondary N) is 1. The van der Waals surface area contributed by atoms with Crippen LogP contribution in [0.2, 0.25) is 0 Å². The van der Waals surface area contributed by atoms with Crippen LogP contribution in [0, 0.1) is 5.92 Å². The Labute approximate surface area is 107 Å². The number of aromatic nitrogens is 2. The maximum absolute atomic E-state index is 9.31. The van der Waals surface area contributed by atoms with Crippen LogP contribution in [0.25, 0.3) is 0 Å². The van der Waals surface area contributed by atoms with Gasteiger partial charge >= 0.3 is 0 Å². The van der Waals surface area contributed by atoms with E-state index >= 15 is 0 Å². The Morgan fingerprint density at radius 2 is 2.11 bits per heavy atom. The fourth-order valence-electron chi connectivity index (χ4n) is 2.12. The molecule has 1 aliphatic carbocycles. The number of rotatable bonds is 5. The number of hydrogen-bond donors (Lipinski definition) is 3. The summed E-state index contributed by atoms with van der Waals surface area (Å²) in [4.78, 5) is 8.42. The first-order valence-corrected chi connectivity index (χ1v) is 6.47. The number of anilines is 1. The third-order valence-corrected chi connectivity index (χ3v) is 3.55. The van der Waals surface area contributed by atoms with Gasteiger partial charge in [-0.15, -0.1) is 0 Å². The van der Waals surface area contributed by atoms with Crippen molar-refractivity contribution in [1.82, 2.24) is 9.97 Å². The Balaban J connectivity index is 2.03. The van der Waals surface area contributed by atoms with E-state index in [2.05, 4.69) is 29.1 Å². The summed E-state index contributed by atoms with van der Waals surface area (Å²) in [6.07, 6.45) is 2.92. The van der Waals surface area contributed by atoms with Gasteiger partial charge in [0.2, 0.25) is 0 Å². The molecule has 1 aliphatic rings. The lowest BCUT2D eigenvalue weighted by Crippen LogP contribution is -2.30. The Bertz CT molecular complexity index is 392. The van der Waals surface area contributed by atoms with E-state index in [0.717, 1.165) is 24.4 Å². The monoisotopic (exact) mass is 251 g/mol. The Kier molecular flexibility index (Phi) is 4.14. The van der Waals surface area contributed by atoms with E-state index in [1.165, 1.54) is 6.33 Å². The molecule has 18 heavy (non-hydrogen) atoms. The largest absolute Gasteiger partial charge is 0.394 e. The van der Waals surface area contributed by atoms with E-state index in [-0.39, 0.29) is 18.8 Å². The first-order valence-electron chi connectivity index (χ1n) is 6.47. The molecule has 0 aliphatic heterocycles. The molecule has 0 aromatic carbocycles. The molecular formula is C13H21N3O2. The van der Waals surface area contributed by atoms with Crippen molar-refractivity contribution in [2.24, 2.45) is 5.92 Å². The number of aliphatic hydroxyl groups is 2. The quantitative estimate of drug-likeness (QED) is 0.731. The van der Waals surface area contributed by atoms with Crippen molar-refractivity contribution >= 4 is 5.82 Å². The van der Waals surface area contributed by atoms with Gasteiger partial charge in [0.25, 0.3) is 0 Å². The average Bonchev–Trinajstić information content (AvgIpc) is 2.32. The summed E-state index contributed by atoms with van der Waals surface area (Å²) in [6.45, 7) is 4.19. The zero-order valence-corrected chi connectivity index (χ0v) is 10.9. The zero-order valence-electron chi connectivity index (χ0n) is 10.9. The first kappa shape index (κ1) is 13.2. The van der Waals surface area contributed by atoms with Crippen LogP contribution in [0.4, 0.5) is 5.82 Å². The summed E-state index contributed by atoms with van der Waals surface area (Å²) in [6, 6.07) is 1.92. The van der Waals surface area contributed by atoms with Crippen molar-refractivity contribution in [3.63, 3.8) is 0 Å². The van der Waals surface area contributed by atoms with Crippen LogP contribution in [-0.2, 0) is 0 Å². The molecule has 1 saturated carbocycles. The molecule has 0 amide bonds. The second kappa shape index (κ2) is 5.63. The summed E-state index contributed by atoms with van der Waals surface area (Å²) < 4.78 is 0. The van der Waals surface area contributed by atoms with Crippen molar-refractivity contribution in [3.05, 3.63) is 18.1 Å². The van der Waals surface area contributed by atoms with Crippen LogP contribution in [0.1, 0.15) is 38.3 Å². The first-order chi connectivity index (χ1) is 8.60. The molecule has 5 heteroatoms. The highest BCUT2D eigenvalue weighted by molar-refractivity contribution is 5.37. The fraction of sp³-hybridized carbons (Fsp3) is 0.692. The summed E-state index contributed by atoms with van der Waals surface area (Å²) >= 11 is 0. The molecule has 3 N–H and O–H groups in total. The van der Waals surface area contributed by atoms with Crippen LogP contribution < -0.4 is 5.32 Å². The van der Waals surface area contributed by atoms with Crippen molar-refractivity contribution < 1.29 is 10.2 Å². The summed E-state index contributed by atoms with van der Waals surface area (Å²) in [7, 11) is 0. The van der Waals surface area contributed by atoms with Gasteiger partial charge in [0, 0.05) is 17.7 Å². The second-order valence-corrected chi connectivity index (χ2v) is 5.33. The minimum atomic E-state index is -0.178. The molecule has 0 radical (unpaired) electrons. The molecule has 5 nitrogen and oxygen atoms in total. The molecule has 1 heterocycles. The molecule has 0 bridgehead atoms. The van der Waals surface area contributed by atoms with Gasteiger partial charge in [-0.25, -0.2) is 9.97 Å². The molecule has 100 valence electrons. The highest BCUT2D eigenvalue weighted by Crippen LogP contribution is 2.36. The van der Waals surface area contributed by atoms with Crippen LogP contribution in [0.5, 0.6) is 0 Å². The highest BCUT2D eigenvalue weighted by Gasteiger charge is 2.29. The van der Waals surface area contributed by atoms with Gasteiger partial charge in [-0.2, -0.15) is 0 Å². The van der Waals surface area contributed by atoms with Gasteiger partial charge in [-0.3, -0.25) is 0 Å². The van der Waals surface area contributed by atoms with Crippen molar-refractivity contribution in [2.75, 3.05) is 11.9 Å². The topological polar surface area (TPSA) is 78.3 Å². The lowest BCUT2D eigenvalue weighted by molar-refractivity contribution is 0.0732. The smallest absolute Gasteiger partial charge is 0.129 e. The van der Waals surface area contributed by atoms with Crippen molar-refractivity contribution in [2.45, 2.75) is 44.8 Å². The molecule has 1 fully saturated rings. The molecular weight excluding hydrogens is 230 g/mol. The van der Waals surface area contributed by atoms with Gasteiger partial charge in [-0.1, -0.05) is 13.8 Å². The Morgan fingerprint density at radius 3 is 2.67 bits per heavy atom. The van der Waals surface area contributed by atoms with Crippen molar-refractivity contribution in [3.8, 4) is 0 Å². The van der Waals surface area contributed by atoms with E-state index in [1.54, 1.807) is 0 Å². The summed E-state index contributed by atoms with van der Waals surface area (Å²) in [5, 5.41) is 21.8. The third-order valence-electron chi connectivity index (χ3n) is 3.55. The Morgan fingerprint density at radius 1 is 1.39 bits per heavy atom. The van der Waals surface area contributed by atoms with Crippen LogP contribution in [-0.4, -0.2) is 38.9 Å². The molecule has 1 aromatic rings. The molecule has 0 saturated heterocycles. The van der Waals surface area contributed by atoms with E-state index in [4.69, 9.17) is 0 Å². The van der Waals surface area contributed by atoms with Crippen LogP contribution in [0.3, 0.4) is 0 Å². The number of hydrogen-bond acceptors (Lipinski definition) is 5. The predicted octanol–water partition coefficient (Wildman–Crippen LogP) is 1.14. The standard InChI is InChI=1S/C13H21N3O2/c1-8(2)12(6-17)16-13-5-11(14-7-15-13)9-3-10(18)4-9/h5,7-10,12,17-18H,3-4,6H2,1-2H3,(H,14,15,16)/t9?,10?,12-/m1/s1. The van der Waals surface area contributed by atoms with Gasteiger partial charge in [-0.05, 0) is 18.8 Å². The molecule has 2 rings (SSSR count). The highest BCUT2D eigenvalue weighted by atomic mass is 16.3. The molecule has 1 aromatic heterocycles. The van der Waals surface area contributed by atoms with E-state index in [1.807, 2.05) is 6.07 Å². The summed E-state index contributed by atoms with van der Waals surface area (Å²) in [5.74, 6) is 1.42. The van der Waals surface area contributed by atoms with Gasteiger partial charge in [0.1, 0.15) is 12.1 Å². The van der Waals surface area contributed by atoms with Gasteiger partial charge in [0.15, 0.2) is 0 Å². The fourth-order valence-corrected chi connectivity index (χ4v) is 2.12. The molecule has 1 atom stereocenters. The maximum atomic E-state index is 9.31. The van der Waals surface area contributed by atoms with E-state index in [9.17, 15) is 10.2 Å². The molecule has 0 unspecified atom stereocenters. The Hall–Kier alpha value is -1.20. The average molecular weight is 251 g/mol. The minimum absolute atomic E-state index is 0.000249. The lowest BCUT2D eigenvalue weighted by atomic mass is 9.80. The van der Waals surface area contributed by atoms with Crippen LogP contribution >= 0.6 is 0 Å². The zero-order chi connectivity index (χ0) is 13.1. The minimum Gasteiger partial charge on any atom is -0.394 e. The van der Waals surface area contributed by atoms with E-state index in [0.29, 0.717) is 11.8 Å². The molecule has 0 spiro atoms. The number of nitrogens with zero attached hydrogens (tertiary/aromatic N) is 2. The number of aliphatic hydroxyl groups excluding tert-OH is 2. The van der Waals surface area contributed by atoms with Gasteiger partial charge in [0.05, 0.1) is 18.8 Å². The van der Waals surface area contributed by atoms with Gasteiger partial charge < -0.3 is 15.5 Å². The van der Waals surface area contributed by atoms with Crippen molar-refractivity contribution in [1.29, 1.82) is 0 Å².